The molecule has 7 heteroatoms. The summed E-state index contributed by atoms with van der Waals surface area (Å²) in [5, 5.41) is 8.44. The molecule has 140 valence electrons. The van der Waals surface area contributed by atoms with Gasteiger partial charge < -0.3 is 14.1 Å². The van der Waals surface area contributed by atoms with Crippen LogP contribution in [0.25, 0.3) is 11.5 Å². The van der Waals surface area contributed by atoms with Crippen LogP contribution in [-0.4, -0.2) is 40.4 Å². The van der Waals surface area contributed by atoms with Crippen LogP contribution in [0.2, 0.25) is 0 Å². The summed E-state index contributed by atoms with van der Waals surface area (Å²) in [5.74, 6) is 1.46. The molecular weight excluding hydrogens is 362 g/mol. The lowest BCUT2D eigenvalue weighted by Crippen LogP contribution is -2.27. The van der Waals surface area contributed by atoms with Gasteiger partial charge in [0.2, 0.25) is 11.8 Å². The van der Waals surface area contributed by atoms with Crippen molar-refractivity contribution in [3.63, 3.8) is 0 Å². The summed E-state index contributed by atoms with van der Waals surface area (Å²) in [6.45, 7) is 3.13. The average Bonchev–Trinajstić information content (AvgIpc) is 3.17. The summed E-state index contributed by atoms with van der Waals surface area (Å²) < 4.78 is 11.1. The molecule has 6 nitrogen and oxygen atoms in total. The maximum absolute atomic E-state index is 12.3. The van der Waals surface area contributed by atoms with E-state index in [-0.39, 0.29) is 11.7 Å². The Morgan fingerprint density at radius 2 is 1.85 bits per heavy atom. The third-order valence-corrected chi connectivity index (χ3v) is 4.63. The Hall–Kier alpha value is -2.80. The summed E-state index contributed by atoms with van der Waals surface area (Å²) in [7, 11) is 1.79. The van der Waals surface area contributed by atoms with Crippen LogP contribution in [0.3, 0.4) is 0 Å². The van der Waals surface area contributed by atoms with Gasteiger partial charge in [-0.05, 0) is 36.8 Å². The second kappa shape index (κ2) is 9.23. The van der Waals surface area contributed by atoms with E-state index in [1.807, 2.05) is 61.5 Å². The van der Waals surface area contributed by atoms with Gasteiger partial charge in [0.25, 0.3) is 5.22 Å². The number of benzene rings is 2. The third kappa shape index (κ3) is 5.34. The average molecular weight is 383 g/mol. The Balaban J connectivity index is 1.53. The number of carbonyl (C=O) groups excluding carboxylic acids is 1. The zero-order valence-corrected chi connectivity index (χ0v) is 16.1. The molecular formula is C20H21N3O3S. The van der Waals surface area contributed by atoms with E-state index in [2.05, 4.69) is 10.2 Å². The number of rotatable bonds is 8. The van der Waals surface area contributed by atoms with Gasteiger partial charge in [-0.15, -0.1) is 10.2 Å². The standard InChI is InChI=1S/C20H21N3O3S/c1-3-25-17-11-9-16(10-12-17)19-21-22-20(26-19)27-14-18(24)23(2)13-15-7-5-4-6-8-15/h4-12H,3,13-14H2,1-2H3. The highest BCUT2D eigenvalue weighted by atomic mass is 32.2. The quantitative estimate of drug-likeness (QED) is 0.550. The Morgan fingerprint density at radius 1 is 1.11 bits per heavy atom. The van der Waals surface area contributed by atoms with Gasteiger partial charge in [0.05, 0.1) is 12.4 Å². The number of hydrogen-bond acceptors (Lipinski definition) is 6. The van der Waals surface area contributed by atoms with Crippen LogP contribution in [0, 0.1) is 0 Å². The van der Waals surface area contributed by atoms with Crippen molar-refractivity contribution in [1.29, 1.82) is 0 Å². The minimum atomic E-state index is 0.00432. The SMILES string of the molecule is CCOc1ccc(-c2nnc(SCC(=O)N(C)Cc3ccccc3)o2)cc1. The zero-order chi connectivity index (χ0) is 19.1. The van der Waals surface area contributed by atoms with Gasteiger partial charge in [0, 0.05) is 19.2 Å². The van der Waals surface area contributed by atoms with Crippen molar-refractivity contribution >= 4 is 17.7 Å². The molecule has 0 aliphatic rings. The molecule has 0 saturated carbocycles. The molecule has 0 aliphatic heterocycles. The van der Waals surface area contributed by atoms with E-state index in [0.717, 1.165) is 16.9 Å². The predicted molar refractivity (Wildman–Crippen MR) is 105 cm³/mol. The van der Waals surface area contributed by atoms with Gasteiger partial charge in [-0.1, -0.05) is 42.1 Å². The molecule has 0 radical (unpaired) electrons. The Bertz CT molecular complexity index is 866. The van der Waals surface area contributed by atoms with Crippen molar-refractivity contribution < 1.29 is 13.9 Å². The summed E-state index contributed by atoms with van der Waals surface area (Å²) in [6, 6.07) is 17.3. The molecule has 27 heavy (non-hydrogen) atoms. The van der Waals surface area contributed by atoms with Crippen molar-refractivity contribution in [2.45, 2.75) is 18.7 Å². The van der Waals surface area contributed by atoms with Crippen LogP contribution in [0.1, 0.15) is 12.5 Å². The van der Waals surface area contributed by atoms with Gasteiger partial charge in [-0.3, -0.25) is 4.79 Å². The third-order valence-electron chi connectivity index (χ3n) is 3.83. The fourth-order valence-electron chi connectivity index (χ4n) is 2.42. The van der Waals surface area contributed by atoms with Crippen LogP contribution in [0.4, 0.5) is 0 Å². The van der Waals surface area contributed by atoms with Crippen molar-refractivity contribution in [3.8, 4) is 17.2 Å². The van der Waals surface area contributed by atoms with Crippen molar-refractivity contribution in [2.24, 2.45) is 0 Å². The first-order valence-electron chi connectivity index (χ1n) is 8.63. The minimum absolute atomic E-state index is 0.00432. The molecule has 0 saturated heterocycles. The predicted octanol–water partition coefficient (Wildman–Crippen LogP) is 3.89. The second-order valence-electron chi connectivity index (χ2n) is 5.85. The monoisotopic (exact) mass is 383 g/mol. The number of carbonyl (C=O) groups is 1. The largest absolute Gasteiger partial charge is 0.494 e. The smallest absolute Gasteiger partial charge is 0.277 e. The molecule has 3 aromatic rings. The molecule has 0 fully saturated rings. The maximum atomic E-state index is 12.3. The summed E-state index contributed by atoms with van der Waals surface area (Å²) in [4.78, 5) is 14.0. The lowest BCUT2D eigenvalue weighted by molar-refractivity contribution is -0.127. The number of thioether (sulfide) groups is 1. The van der Waals surface area contributed by atoms with Gasteiger partial charge in [0.15, 0.2) is 0 Å². The summed E-state index contributed by atoms with van der Waals surface area (Å²) >= 11 is 1.24. The molecule has 0 unspecified atom stereocenters. The molecule has 0 aliphatic carbocycles. The van der Waals surface area contributed by atoms with E-state index in [1.54, 1.807) is 11.9 Å². The van der Waals surface area contributed by atoms with Gasteiger partial charge >= 0.3 is 0 Å². The van der Waals surface area contributed by atoms with Crippen LogP contribution in [-0.2, 0) is 11.3 Å². The van der Waals surface area contributed by atoms with E-state index >= 15 is 0 Å². The number of nitrogens with zero attached hydrogens (tertiary/aromatic N) is 3. The first-order chi connectivity index (χ1) is 13.2. The Kier molecular flexibility index (Phi) is 6.49. The molecule has 1 amide bonds. The van der Waals surface area contributed by atoms with E-state index < -0.39 is 0 Å². The highest BCUT2D eigenvalue weighted by molar-refractivity contribution is 7.99. The first kappa shape index (κ1) is 19.0. The molecule has 3 rings (SSSR count). The number of ether oxygens (including phenoxy) is 1. The fourth-order valence-corrected chi connectivity index (χ4v) is 3.13. The lowest BCUT2D eigenvalue weighted by Gasteiger charge is -2.16. The van der Waals surface area contributed by atoms with E-state index in [0.29, 0.717) is 24.3 Å². The molecule has 0 N–H and O–H groups in total. The summed E-state index contributed by atoms with van der Waals surface area (Å²) in [5.41, 5.74) is 1.90. The summed E-state index contributed by atoms with van der Waals surface area (Å²) in [6.07, 6.45) is 0. The van der Waals surface area contributed by atoms with Crippen molar-refractivity contribution in [3.05, 3.63) is 60.2 Å². The molecule has 0 atom stereocenters. The van der Waals surface area contributed by atoms with Crippen LogP contribution < -0.4 is 4.74 Å². The highest BCUT2D eigenvalue weighted by Crippen LogP contribution is 2.25. The number of aromatic nitrogens is 2. The number of hydrogen-bond donors (Lipinski definition) is 0. The van der Waals surface area contributed by atoms with Crippen molar-refractivity contribution in [1.82, 2.24) is 15.1 Å². The molecule has 0 bridgehead atoms. The first-order valence-corrected chi connectivity index (χ1v) is 9.61. The molecule has 1 heterocycles. The second-order valence-corrected chi connectivity index (χ2v) is 6.78. The van der Waals surface area contributed by atoms with Crippen LogP contribution in [0.5, 0.6) is 5.75 Å². The van der Waals surface area contributed by atoms with E-state index in [1.165, 1.54) is 11.8 Å². The van der Waals surface area contributed by atoms with Gasteiger partial charge in [-0.2, -0.15) is 0 Å². The van der Waals surface area contributed by atoms with Crippen molar-refractivity contribution in [2.75, 3.05) is 19.4 Å². The molecule has 2 aromatic carbocycles. The topological polar surface area (TPSA) is 68.5 Å². The molecule has 0 spiro atoms. The lowest BCUT2D eigenvalue weighted by atomic mass is 10.2. The number of amides is 1. The van der Waals surface area contributed by atoms with E-state index in [9.17, 15) is 4.79 Å². The maximum Gasteiger partial charge on any atom is 0.277 e. The highest BCUT2D eigenvalue weighted by Gasteiger charge is 2.14. The van der Waals surface area contributed by atoms with Crippen LogP contribution in [0.15, 0.2) is 64.2 Å². The minimum Gasteiger partial charge on any atom is -0.494 e. The normalized spacial score (nSPS) is 10.6. The van der Waals surface area contributed by atoms with Crippen LogP contribution >= 0.6 is 11.8 Å². The van der Waals surface area contributed by atoms with E-state index in [4.69, 9.17) is 9.15 Å². The molecule has 1 aromatic heterocycles. The fraction of sp³-hybridized carbons (Fsp3) is 0.250. The van der Waals surface area contributed by atoms with Gasteiger partial charge in [0.1, 0.15) is 5.75 Å². The Morgan fingerprint density at radius 3 is 2.56 bits per heavy atom. The van der Waals surface area contributed by atoms with Gasteiger partial charge in [-0.25, -0.2) is 0 Å². The zero-order valence-electron chi connectivity index (χ0n) is 15.3. The Labute approximate surface area is 162 Å².